The average molecular weight is 449 g/mol. The van der Waals surface area contributed by atoms with E-state index in [1.807, 2.05) is 52.0 Å². The van der Waals surface area contributed by atoms with Crippen LogP contribution in [0.1, 0.15) is 40.2 Å². The van der Waals surface area contributed by atoms with Gasteiger partial charge in [-0.1, -0.05) is 29.8 Å². The fourth-order valence-electron chi connectivity index (χ4n) is 3.68. The molecule has 2 heterocycles. The number of benzene rings is 2. The molecule has 4 rings (SSSR count). The van der Waals surface area contributed by atoms with E-state index in [2.05, 4.69) is 4.98 Å². The third-order valence-corrected chi connectivity index (χ3v) is 6.57. The number of hydrogen-bond acceptors (Lipinski definition) is 6. The molecule has 0 radical (unpaired) electrons. The number of ketones is 1. The van der Waals surface area contributed by atoms with Gasteiger partial charge in [0.15, 0.2) is 5.13 Å². The number of amides is 1. The van der Waals surface area contributed by atoms with Gasteiger partial charge in [-0.15, -0.1) is 11.3 Å². The normalized spacial score (nSPS) is 17.8. The maximum Gasteiger partial charge on any atom is 0.301 e. The van der Waals surface area contributed by atoms with Crippen molar-refractivity contribution in [2.75, 3.05) is 11.5 Å². The second-order valence-corrected chi connectivity index (χ2v) is 8.86. The van der Waals surface area contributed by atoms with Crippen LogP contribution < -0.4 is 9.64 Å². The average Bonchev–Trinajstić information content (AvgIpc) is 3.24. The first-order valence-corrected chi connectivity index (χ1v) is 11.2. The van der Waals surface area contributed by atoms with Gasteiger partial charge in [-0.3, -0.25) is 14.5 Å². The Balaban J connectivity index is 1.89. The Labute approximate surface area is 190 Å². The van der Waals surface area contributed by atoms with Gasteiger partial charge < -0.3 is 9.84 Å². The van der Waals surface area contributed by atoms with E-state index >= 15 is 0 Å². The monoisotopic (exact) mass is 448 g/mol. The summed E-state index contributed by atoms with van der Waals surface area (Å²) < 4.78 is 5.46. The Hall–Kier alpha value is -3.45. The van der Waals surface area contributed by atoms with Crippen LogP contribution in [-0.2, 0) is 9.59 Å². The van der Waals surface area contributed by atoms with Gasteiger partial charge in [-0.05, 0) is 57.5 Å². The molecule has 1 fully saturated rings. The molecule has 0 saturated carbocycles. The van der Waals surface area contributed by atoms with Gasteiger partial charge in [0, 0.05) is 10.4 Å². The van der Waals surface area contributed by atoms with Crippen LogP contribution in [0.2, 0.25) is 0 Å². The number of anilines is 1. The summed E-state index contributed by atoms with van der Waals surface area (Å²) >= 11 is 1.36. The van der Waals surface area contributed by atoms with Gasteiger partial charge in [0.25, 0.3) is 5.78 Å². The standard InChI is InChI=1S/C25H24N2O4S/c1-5-31-19-12-10-18(11-13-19)22(28)20-21(17-8-6-14(2)7-9-17)27(24(30)23(20)29)25-26-15(3)16(4)32-25/h6-13,21,28H,5H2,1-4H3/b22-20+/t21-/m1/s1. The van der Waals surface area contributed by atoms with E-state index in [1.165, 1.54) is 16.2 Å². The highest BCUT2D eigenvalue weighted by Crippen LogP contribution is 2.43. The highest BCUT2D eigenvalue weighted by atomic mass is 32.1. The lowest BCUT2D eigenvalue weighted by atomic mass is 9.95. The Morgan fingerprint density at radius 3 is 2.28 bits per heavy atom. The Bertz CT molecular complexity index is 1190. The highest BCUT2D eigenvalue weighted by molar-refractivity contribution is 7.16. The molecule has 1 aromatic heterocycles. The van der Waals surface area contributed by atoms with Crippen LogP contribution in [0.4, 0.5) is 5.13 Å². The van der Waals surface area contributed by atoms with E-state index in [1.54, 1.807) is 24.3 Å². The first-order chi connectivity index (χ1) is 15.3. The Morgan fingerprint density at radius 1 is 1.06 bits per heavy atom. The molecule has 32 heavy (non-hydrogen) atoms. The maximum atomic E-state index is 13.2. The topological polar surface area (TPSA) is 79.7 Å². The predicted molar refractivity (Wildman–Crippen MR) is 125 cm³/mol. The molecule has 0 spiro atoms. The number of aliphatic hydroxyl groups excluding tert-OH is 1. The largest absolute Gasteiger partial charge is 0.507 e. The third-order valence-electron chi connectivity index (χ3n) is 5.50. The predicted octanol–water partition coefficient (Wildman–Crippen LogP) is 5.09. The molecule has 0 bridgehead atoms. The molecule has 1 atom stereocenters. The van der Waals surface area contributed by atoms with Gasteiger partial charge in [0.05, 0.1) is 23.9 Å². The number of nitrogens with zero attached hydrogens (tertiary/aromatic N) is 2. The lowest BCUT2D eigenvalue weighted by Gasteiger charge is -2.23. The molecule has 7 heteroatoms. The smallest absolute Gasteiger partial charge is 0.301 e. The minimum absolute atomic E-state index is 0.0496. The number of aliphatic hydroxyl groups is 1. The van der Waals surface area contributed by atoms with Crippen molar-refractivity contribution in [3.8, 4) is 5.75 Å². The zero-order valence-corrected chi connectivity index (χ0v) is 19.2. The molecule has 1 aliphatic rings. The number of Topliss-reactive ketones (excluding diaryl/α,β-unsaturated/α-hetero) is 1. The molecule has 1 amide bonds. The molecule has 1 aliphatic heterocycles. The second kappa shape index (κ2) is 8.59. The van der Waals surface area contributed by atoms with E-state index in [0.29, 0.717) is 23.1 Å². The summed E-state index contributed by atoms with van der Waals surface area (Å²) in [6.07, 6.45) is 0. The molecule has 2 aromatic carbocycles. The van der Waals surface area contributed by atoms with E-state index in [0.717, 1.165) is 21.7 Å². The Kier molecular flexibility index (Phi) is 5.84. The summed E-state index contributed by atoms with van der Waals surface area (Å²) in [5, 5.41) is 11.6. The van der Waals surface area contributed by atoms with Crippen molar-refractivity contribution < 1.29 is 19.4 Å². The zero-order chi connectivity index (χ0) is 23.0. The summed E-state index contributed by atoms with van der Waals surface area (Å²) in [7, 11) is 0. The quantitative estimate of drug-likeness (QED) is 0.334. The first kappa shape index (κ1) is 21.8. The van der Waals surface area contributed by atoms with Crippen molar-refractivity contribution in [3.05, 3.63) is 81.4 Å². The molecule has 0 unspecified atom stereocenters. The number of thiazole rings is 1. The van der Waals surface area contributed by atoms with E-state index in [-0.39, 0.29) is 11.3 Å². The van der Waals surface area contributed by atoms with Crippen molar-refractivity contribution in [2.24, 2.45) is 0 Å². The molecular formula is C25H24N2O4S. The SMILES string of the molecule is CCOc1ccc(/C(O)=C2\C(=O)C(=O)N(c3nc(C)c(C)s3)[C@@H]2c2ccc(C)cc2)cc1. The number of hydrogen-bond donors (Lipinski definition) is 1. The third kappa shape index (κ3) is 3.80. The molecule has 0 aliphatic carbocycles. The Morgan fingerprint density at radius 2 is 1.72 bits per heavy atom. The highest BCUT2D eigenvalue weighted by Gasteiger charge is 2.48. The maximum absolute atomic E-state index is 13.2. The summed E-state index contributed by atoms with van der Waals surface area (Å²) in [6, 6.07) is 13.6. The van der Waals surface area contributed by atoms with Crippen LogP contribution in [-0.4, -0.2) is 28.4 Å². The lowest BCUT2D eigenvalue weighted by Crippen LogP contribution is -2.29. The number of aryl methyl sites for hydroxylation is 3. The molecule has 3 aromatic rings. The zero-order valence-electron chi connectivity index (χ0n) is 18.4. The number of ether oxygens (including phenoxy) is 1. The van der Waals surface area contributed by atoms with Crippen molar-refractivity contribution in [3.63, 3.8) is 0 Å². The van der Waals surface area contributed by atoms with Crippen molar-refractivity contribution >= 4 is 33.9 Å². The first-order valence-electron chi connectivity index (χ1n) is 10.4. The molecule has 1 N–H and O–H groups in total. The van der Waals surface area contributed by atoms with Gasteiger partial charge in [-0.2, -0.15) is 0 Å². The van der Waals surface area contributed by atoms with Gasteiger partial charge in [-0.25, -0.2) is 4.98 Å². The fraction of sp³-hybridized carbons (Fsp3) is 0.240. The van der Waals surface area contributed by atoms with E-state index in [9.17, 15) is 14.7 Å². The summed E-state index contributed by atoms with van der Waals surface area (Å²) in [6.45, 7) is 8.17. The lowest BCUT2D eigenvalue weighted by molar-refractivity contribution is -0.132. The molecule has 164 valence electrons. The minimum Gasteiger partial charge on any atom is -0.507 e. The number of rotatable bonds is 5. The fourth-order valence-corrected chi connectivity index (χ4v) is 4.62. The second-order valence-electron chi connectivity index (χ2n) is 7.68. The molecule has 1 saturated heterocycles. The number of carbonyl (C=O) groups excluding carboxylic acids is 2. The molecule has 6 nitrogen and oxygen atoms in total. The summed E-state index contributed by atoms with van der Waals surface area (Å²) in [5.41, 5.74) is 3.08. The van der Waals surface area contributed by atoms with Crippen LogP contribution in [0.25, 0.3) is 5.76 Å². The molecular weight excluding hydrogens is 424 g/mol. The summed E-state index contributed by atoms with van der Waals surface area (Å²) in [5.74, 6) is -0.984. The van der Waals surface area contributed by atoms with Crippen LogP contribution in [0.5, 0.6) is 5.75 Å². The van der Waals surface area contributed by atoms with Crippen molar-refractivity contribution in [1.29, 1.82) is 0 Å². The summed E-state index contributed by atoms with van der Waals surface area (Å²) in [4.78, 5) is 33.2. The van der Waals surface area contributed by atoms with Crippen LogP contribution >= 0.6 is 11.3 Å². The van der Waals surface area contributed by atoms with Crippen LogP contribution in [0, 0.1) is 20.8 Å². The van der Waals surface area contributed by atoms with E-state index < -0.39 is 17.7 Å². The van der Waals surface area contributed by atoms with Gasteiger partial charge in [0.2, 0.25) is 0 Å². The van der Waals surface area contributed by atoms with Crippen molar-refractivity contribution in [1.82, 2.24) is 4.98 Å². The number of aromatic nitrogens is 1. The van der Waals surface area contributed by atoms with Crippen molar-refractivity contribution in [2.45, 2.75) is 33.7 Å². The van der Waals surface area contributed by atoms with Crippen LogP contribution in [0.15, 0.2) is 54.1 Å². The van der Waals surface area contributed by atoms with Gasteiger partial charge in [0.1, 0.15) is 11.5 Å². The van der Waals surface area contributed by atoms with E-state index in [4.69, 9.17) is 4.74 Å². The van der Waals surface area contributed by atoms with Crippen LogP contribution in [0.3, 0.4) is 0 Å². The minimum atomic E-state index is -0.771. The number of carbonyl (C=O) groups is 2. The van der Waals surface area contributed by atoms with Gasteiger partial charge >= 0.3 is 5.91 Å².